The van der Waals surface area contributed by atoms with Crippen molar-refractivity contribution < 1.29 is 19.3 Å². The van der Waals surface area contributed by atoms with Crippen molar-refractivity contribution in [3.8, 4) is 0 Å². The number of carbonyl (C=O) groups is 2. The van der Waals surface area contributed by atoms with Crippen LogP contribution in [0, 0.1) is 10.1 Å². The van der Waals surface area contributed by atoms with Gasteiger partial charge in [-0.15, -0.1) is 5.06 Å². The lowest BCUT2D eigenvalue weighted by Gasteiger charge is -2.13. The Morgan fingerprint density at radius 3 is 2.22 bits per heavy atom. The van der Waals surface area contributed by atoms with E-state index < -0.39 is 16.7 Å². The molecule has 0 radical (unpaired) electrons. The minimum Gasteiger partial charge on any atom is -0.266 e. The van der Waals surface area contributed by atoms with Gasteiger partial charge in [0.2, 0.25) is 0 Å². The summed E-state index contributed by atoms with van der Waals surface area (Å²) >= 11 is 5.95. The summed E-state index contributed by atoms with van der Waals surface area (Å²) in [5, 5.41) is 11.5. The van der Waals surface area contributed by atoms with Crippen LogP contribution in [-0.2, 0) is 11.4 Å². The number of hydrogen-bond acceptors (Lipinski definition) is 5. The summed E-state index contributed by atoms with van der Waals surface area (Å²) in [5.74, 6) is -1.10. The molecule has 2 aromatic rings. The van der Waals surface area contributed by atoms with Crippen LogP contribution in [0.1, 0.15) is 26.3 Å². The number of halogens is 1. The number of hydrogen-bond donors (Lipinski definition) is 0. The van der Waals surface area contributed by atoms with Crippen LogP contribution in [0.15, 0.2) is 42.5 Å². The molecule has 0 bridgehead atoms. The summed E-state index contributed by atoms with van der Waals surface area (Å²) in [7, 11) is 0. The smallest absolute Gasteiger partial charge is 0.266 e. The van der Waals surface area contributed by atoms with Gasteiger partial charge in [-0.1, -0.05) is 23.7 Å². The normalized spacial score (nSPS) is 13.3. The van der Waals surface area contributed by atoms with Crippen molar-refractivity contribution in [3.05, 3.63) is 74.3 Å². The number of nitro benzene ring substituents is 1. The van der Waals surface area contributed by atoms with E-state index in [0.717, 1.165) is 0 Å². The summed E-state index contributed by atoms with van der Waals surface area (Å²) in [6, 6.07) is 10.3. The van der Waals surface area contributed by atoms with Gasteiger partial charge in [-0.3, -0.25) is 24.5 Å². The van der Waals surface area contributed by atoms with Crippen molar-refractivity contribution in [1.82, 2.24) is 5.06 Å². The molecule has 0 saturated carbocycles. The number of nitro groups is 1. The van der Waals surface area contributed by atoms with Gasteiger partial charge < -0.3 is 0 Å². The Morgan fingerprint density at radius 2 is 1.70 bits per heavy atom. The molecular formula is C15H9ClN2O5. The maximum Gasteiger partial charge on any atom is 0.285 e. The second-order valence-electron chi connectivity index (χ2n) is 4.76. The van der Waals surface area contributed by atoms with Crippen molar-refractivity contribution in [3.63, 3.8) is 0 Å². The van der Waals surface area contributed by atoms with Crippen LogP contribution in [0.2, 0.25) is 5.02 Å². The van der Waals surface area contributed by atoms with E-state index in [1.807, 2.05) is 0 Å². The van der Waals surface area contributed by atoms with E-state index in [4.69, 9.17) is 16.4 Å². The first-order chi connectivity index (χ1) is 11.0. The molecule has 0 spiro atoms. The van der Waals surface area contributed by atoms with E-state index in [0.29, 0.717) is 10.6 Å². The first-order valence-corrected chi connectivity index (χ1v) is 6.90. The molecule has 116 valence electrons. The predicted molar refractivity (Wildman–Crippen MR) is 79.8 cm³/mol. The molecule has 3 rings (SSSR count). The topological polar surface area (TPSA) is 89.8 Å². The fourth-order valence-electron chi connectivity index (χ4n) is 2.19. The summed E-state index contributed by atoms with van der Waals surface area (Å²) in [4.78, 5) is 39.6. The van der Waals surface area contributed by atoms with Gasteiger partial charge in [-0.05, 0) is 23.8 Å². The maximum atomic E-state index is 12.1. The molecule has 23 heavy (non-hydrogen) atoms. The molecule has 2 amide bonds. The number of carbonyl (C=O) groups excluding carboxylic acids is 2. The second-order valence-corrected chi connectivity index (χ2v) is 5.16. The minimum atomic E-state index is -0.569. The Balaban J connectivity index is 1.76. The highest BCUT2D eigenvalue weighted by Gasteiger charge is 2.36. The van der Waals surface area contributed by atoms with Crippen LogP contribution in [0.3, 0.4) is 0 Å². The van der Waals surface area contributed by atoms with Gasteiger partial charge in [-0.2, -0.15) is 0 Å². The molecule has 7 nitrogen and oxygen atoms in total. The van der Waals surface area contributed by atoms with Crippen LogP contribution in [0.5, 0.6) is 0 Å². The van der Waals surface area contributed by atoms with Crippen molar-refractivity contribution in [2.75, 3.05) is 0 Å². The number of rotatable bonds is 4. The monoisotopic (exact) mass is 332 g/mol. The van der Waals surface area contributed by atoms with Gasteiger partial charge in [0.05, 0.1) is 21.1 Å². The van der Waals surface area contributed by atoms with E-state index in [-0.39, 0.29) is 28.4 Å². The van der Waals surface area contributed by atoms with Crippen molar-refractivity contribution in [1.29, 1.82) is 0 Å². The molecule has 8 heteroatoms. The molecule has 0 atom stereocenters. The molecule has 2 aromatic carbocycles. The van der Waals surface area contributed by atoms with Gasteiger partial charge in [0.25, 0.3) is 17.5 Å². The third-order valence-electron chi connectivity index (χ3n) is 3.35. The third-order valence-corrected chi connectivity index (χ3v) is 3.71. The Hall–Kier alpha value is -2.77. The molecule has 0 unspecified atom stereocenters. The first-order valence-electron chi connectivity index (χ1n) is 6.52. The Bertz CT molecular complexity index is 801. The lowest BCUT2D eigenvalue weighted by atomic mass is 10.1. The van der Waals surface area contributed by atoms with Crippen LogP contribution in [-0.4, -0.2) is 21.8 Å². The zero-order chi connectivity index (χ0) is 16.6. The summed E-state index contributed by atoms with van der Waals surface area (Å²) in [6.07, 6.45) is 0. The van der Waals surface area contributed by atoms with E-state index in [2.05, 4.69) is 0 Å². The average Bonchev–Trinajstić information content (AvgIpc) is 2.78. The highest BCUT2D eigenvalue weighted by atomic mass is 35.5. The molecular weight excluding hydrogens is 324 g/mol. The molecule has 1 heterocycles. The molecule has 1 aliphatic heterocycles. The van der Waals surface area contributed by atoms with Gasteiger partial charge >= 0.3 is 0 Å². The molecule has 0 fully saturated rings. The number of nitrogens with zero attached hydrogens (tertiary/aromatic N) is 2. The number of imide groups is 1. The lowest BCUT2D eigenvalue weighted by Crippen LogP contribution is -2.29. The van der Waals surface area contributed by atoms with Gasteiger partial charge in [-0.25, -0.2) is 0 Å². The standard InChI is InChI=1S/C15H9ClN2O5/c16-13-7-10(18(21)22)6-5-9(13)8-23-17-14(19)11-3-1-2-4-12(11)15(17)20/h1-7H,8H2. The molecule has 1 aliphatic rings. The van der Waals surface area contributed by atoms with Crippen LogP contribution in [0.4, 0.5) is 5.69 Å². The summed E-state index contributed by atoms with van der Waals surface area (Å²) < 4.78 is 0. The largest absolute Gasteiger partial charge is 0.285 e. The van der Waals surface area contributed by atoms with Gasteiger partial charge in [0.1, 0.15) is 6.61 Å². The Morgan fingerprint density at radius 1 is 1.09 bits per heavy atom. The van der Waals surface area contributed by atoms with Gasteiger partial charge in [0.15, 0.2) is 0 Å². The first kappa shape index (κ1) is 15.1. The van der Waals surface area contributed by atoms with Crippen LogP contribution in [0.25, 0.3) is 0 Å². The number of hydroxylamine groups is 2. The van der Waals surface area contributed by atoms with E-state index in [1.165, 1.54) is 30.3 Å². The molecule has 0 aliphatic carbocycles. The average molecular weight is 333 g/mol. The SMILES string of the molecule is O=C1c2ccccc2C(=O)N1OCc1ccc([N+](=O)[O-])cc1Cl. The predicted octanol–water partition coefficient (Wildman–Crippen LogP) is 2.98. The minimum absolute atomic E-state index is 0.121. The number of amides is 2. The Kier molecular flexibility index (Phi) is 3.81. The quantitative estimate of drug-likeness (QED) is 0.488. The lowest BCUT2D eigenvalue weighted by molar-refractivity contribution is -0.384. The zero-order valence-electron chi connectivity index (χ0n) is 11.6. The number of fused-ring (bicyclic) bond motifs is 1. The third kappa shape index (κ3) is 2.67. The number of benzene rings is 2. The molecule has 0 aromatic heterocycles. The molecule has 0 N–H and O–H groups in total. The highest BCUT2D eigenvalue weighted by Crippen LogP contribution is 2.26. The van der Waals surface area contributed by atoms with Crippen LogP contribution < -0.4 is 0 Å². The molecule has 0 saturated heterocycles. The van der Waals surface area contributed by atoms with Gasteiger partial charge in [0, 0.05) is 12.1 Å². The summed E-state index contributed by atoms with van der Waals surface area (Å²) in [5.41, 5.74) is 0.813. The van der Waals surface area contributed by atoms with E-state index >= 15 is 0 Å². The zero-order valence-corrected chi connectivity index (χ0v) is 12.3. The highest BCUT2D eigenvalue weighted by molar-refractivity contribution is 6.31. The van der Waals surface area contributed by atoms with Crippen molar-refractivity contribution >= 4 is 29.1 Å². The van der Waals surface area contributed by atoms with Crippen molar-refractivity contribution in [2.24, 2.45) is 0 Å². The van der Waals surface area contributed by atoms with Crippen molar-refractivity contribution in [2.45, 2.75) is 6.61 Å². The number of non-ortho nitro benzene ring substituents is 1. The fraction of sp³-hybridized carbons (Fsp3) is 0.0667. The fourth-order valence-corrected chi connectivity index (χ4v) is 2.41. The second kappa shape index (κ2) is 5.79. The maximum absolute atomic E-state index is 12.1. The Labute approximate surface area is 135 Å². The van der Waals surface area contributed by atoms with Crippen LogP contribution >= 0.6 is 11.6 Å². The van der Waals surface area contributed by atoms with E-state index in [9.17, 15) is 19.7 Å². The summed E-state index contributed by atoms with van der Waals surface area (Å²) in [6.45, 7) is -0.164. The van der Waals surface area contributed by atoms with E-state index in [1.54, 1.807) is 12.1 Å².